The average molecular weight is 628 g/mol. The Morgan fingerprint density at radius 2 is 1.41 bits per heavy atom. The molecule has 46 heavy (non-hydrogen) atoms. The van der Waals surface area contributed by atoms with Crippen molar-refractivity contribution in [3.63, 3.8) is 0 Å². The van der Waals surface area contributed by atoms with Gasteiger partial charge in [0, 0.05) is 35.6 Å². The first kappa shape index (κ1) is 32.8. The van der Waals surface area contributed by atoms with Gasteiger partial charge in [0.15, 0.2) is 6.23 Å². The van der Waals surface area contributed by atoms with Crippen LogP contribution < -0.4 is 21.9 Å². The number of rotatable bonds is 16. The number of fused-ring (bicyclic) bond motifs is 2. The first-order valence-corrected chi connectivity index (χ1v) is 16.1. The molecule has 242 valence electrons. The minimum Gasteiger partial charge on any atom is -0.393 e. The highest BCUT2D eigenvalue weighted by molar-refractivity contribution is 6.16. The van der Waals surface area contributed by atoms with Crippen LogP contribution >= 0.6 is 0 Å². The van der Waals surface area contributed by atoms with Crippen molar-refractivity contribution in [2.24, 2.45) is 0 Å². The third-order valence-electron chi connectivity index (χ3n) is 8.18. The normalized spacial score (nSPS) is 15.8. The number of pyridine rings is 1. The van der Waals surface area contributed by atoms with Crippen molar-refractivity contribution in [2.75, 3.05) is 19.7 Å². The molecule has 11 heteroatoms. The van der Waals surface area contributed by atoms with E-state index in [-0.39, 0.29) is 30.4 Å². The molecule has 5 rings (SSSR count). The molecule has 4 N–H and O–H groups in total. The van der Waals surface area contributed by atoms with Crippen molar-refractivity contribution in [3.05, 3.63) is 98.8 Å². The molecule has 11 nitrogen and oxygen atoms in total. The van der Waals surface area contributed by atoms with Gasteiger partial charge >= 0.3 is 5.69 Å². The summed E-state index contributed by atoms with van der Waals surface area (Å²) in [5.74, 6) is -0.352. The third kappa shape index (κ3) is 8.35. The lowest BCUT2D eigenvalue weighted by atomic mass is 10.0. The Hall–Kier alpha value is -4.61. The van der Waals surface area contributed by atoms with Gasteiger partial charge in [-0.25, -0.2) is 9.78 Å². The molecule has 2 atom stereocenters. The molecular formula is C35H41N5O6. The van der Waals surface area contributed by atoms with Crippen LogP contribution in [0, 0.1) is 0 Å². The van der Waals surface area contributed by atoms with Crippen LogP contribution in [0.25, 0.3) is 21.8 Å². The lowest BCUT2D eigenvalue weighted by Crippen LogP contribution is -2.36. The van der Waals surface area contributed by atoms with Crippen LogP contribution in [0.3, 0.4) is 0 Å². The van der Waals surface area contributed by atoms with E-state index in [1.165, 1.54) is 10.8 Å². The number of ether oxygens (including phenoxy) is 1. The summed E-state index contributed by atoms with van der Waals surface area (Å²) in [7, 11) is 0. The fourth-order valence-electron chi connectivity index (χ4n) is 5.74. The highest BCUT2D eigenvalue weighted by Gasteiger charge is 2.22. The monoisotopic (exact) mass is 627 g/mol. The van der Waals surface area contributed by atoms with Crippen molar-refractivity contribution < 1.29 is 19.4 Å². The smallest absolute Gasteiger partial charge is 0.330 e. The molecule has 1 aliphatic rings. The molecule has 0 saturated carbocycles. The van der Waals surface area contributed by atoms with Gasteiger partial charge in [0.1, 0.15) is 6.10 Å². The predicted octanol–water partition coefficient (Wildman–Crippen LogP) is 3.89. The van der Waals surface area contributed by atoms with E-state index in [4.69, 9.17) is 9.72 Å². The minimum absolute atomic E-state index is 0.0641. The Labute approximate surface area is 266 Å². The summed E-state index contributed by atoms with van der Waals surface area (Å²) in [4.78, 5) is 57.0. The van der Waals surface area contributed by atoms with Crippen LogP contribution in [0.2, 0.25) is 0 Å². The maximum absolute atomic E-state index is 13.2. The van der Waals surface area contributed by atoms with Crippen molar-refractivity contribution in [3.8, 4) is 0 Å². The van der Waals surface area contributed by atoms with E-state index in [0.29, 0.717) is 18.7 Å². The van der Waals surface area contributed by atoms with Gasteiger partial charge in [-0.1, -0.05) is 81.0 Å². The zero-order valence-corrected chi connectivity index (χ0v) is 25.9. The van der Waals surface area contributed by atoms with E-state index in [1.54, 1.807) is 12.2 Å². The zero-order chi connectivity index (χ0) is 32.3. The molecule has 0 radical (unpaired) electrons. The second-order valence-electron chi connectivity index (χ2n) is 11.6. The van der Waals surface area contributed by atoms with Gasteiger partial charge in [-0.15, -0.1) is 0 Å². The zero-order valence-electron chi connectivity index (χ0n) is 25.9. The first-order chi connectivity index (χ1) is 22.4. The fraction of sp³-hybridized carbons (Fsp3) is 0.400. The maximum Gasteiger partial charge on any atom is 0.330 e. The molecule has 3 heterocycles. The molecule has 0 spiro atoms. The number of carbonyl (C=O) groups excluding carboxylic acids is 2. The van der Waals surface area contributed by atoms with Crippen LogP contribution in [0.4, 0.5) is 0 Å². The fourth-order valence-corrected chi connectivity index (χ4v) is 5.74. The Kier molecular flexibility index (Phi) is 11.5. The largest absolute Gasteiger partial charge is 0.393 e. The van der Waals surface area contributed by atoms with Crippen LogP contribution in [0.15, 0.2) is 76.5 Å². The van der Waals surface area contributed by atoms with Crippen molar-refractivity contribution in [1.82, 2.24) is 25.2 Å². The number of hydrogen-bond donors (Lipinski definition) is 4. The highest BCUT2D eigenvalue weighted by atomic mass is 16.5. The second kappa shape index (κ2) is 16.1. The Bertz CT molecular complexity index is 1760. The Morgan fingerprint density at radius 3 is 2.02 bits per heavy atom. The van der Waals surface area contributed by atoms with E-state index in [1.807, 2.05) is 48.5 Å². The van der Waals surface area contributed by atoms with Gasteiger partial charge in [-0.05, 0) is 31.1 Å². The van der Waals surface area contributed by atoms with Gasteiger partial charge in [0.05, 0.1) is 29.6 Å². The molecule has 2 aromatic heterocycles. The van der Waals surface area contributed by atoms with Crippen molar-refractivity contribution in [2.45, 2.75) is 70.1 Å². The lowest BCUT2D eigenvalue weighted by Gasteiger charge is -2.15. The van der Waals surface area contributed by atoms with Crippen LogP contribution in [0.5, 0.6) is 0 Å². The molecule has 2 aromatic carbocycles. The van der Waals surface area contributed by atoms with Crippen LogP contribution in [0.1, 0.15) is 73.5 Å². The third-order valence-corrected chi connectivity index (χ3v) is 8.18. The first-order valence-electron chi connectivity index (χ1n) is 16.1. The average Bonchev–Trinajstić information content (AvgIpc) is 3.54. The number of H-pyrrole nitrogens is 1. The lowest BCUT2D eigenvalue weighted by molar-refractivity contribution is -0.120. The number of aromatic amines is 1. The standard InChI is InChI=1S/C35H41N5O6/c41-23-25-17-18-31(46-25)40-22-24(33(43)39-35(40)45)21-30(42)36-19-11-5-3-1-2-4-6-12-20-37-34(44)32-26-13-7-9-15-28(26)38-29-16-10-8-14-27(29)32/h7-10,13-18,22,25,31,41H,1-6,11-12,19-21,23H2,(H,36,42)(H,37,44)(H,39,43,45)/t25-,31+/m0/s1. The summed E-state index contributed by atoms with van der Waals surface area (Å²) in [5.41, 5.74) is 1.24. The number of hydrogen-bond acceptors (Lipinski definition) is 7. The number of nitrogens with zero attached hydrogens (tertiary/aromatic N) is 2. The molecule has 0 saturated heterocycles. The minimum atomic E-state index is -0.746. The number of aliphatic hydroxyl groups excluding tert-OH is 1. The molecule has 0 aliphatic carbocycles. The van der Waals surface area contributed by atoms with Gasteiger partial charge in [0.2, 0.25) is 5.91 Å². The summed E-state index contributed by atoms with van der Waals surface area (Å²) in [6.07, 6.45) is 11.4. The van der Waals surface area contributed by atoms with E-state index >= 15 is 0 Å². The van der Waals surface area contributed by atoms with E-state index < -0.39 is 23.6 Å². The molecule has 0 unspecified atom stereocenters. The summed E-state index contributed by atoms with van der Waals surface area (Å²) in [5, 5.41) is 16.9. The molecule has 0 bridgehead atoms. The Balaban J connectivity index is 0.933. The van der Waals surface area contributed by atoms with Gasteiger partial charge < -0.3 is 20.5 Å². The number of aromatic nitrogens is 3. The second-order valence-corrected chi connectivity index (χ2v) is 11.6. The van der Waals surface area contributed by atoms with Crippen LogP contribution in [-0.2, 0) is 16.0 Å². The molecular weight excluding hydrogens is 586 g/mol. The number of nitrogens with one attached hydrogen (secondary N) is 3. The van der Waals surface area contributed by atoms with E-state index in [2.05, 4.69) is 15.6 Å². The van der Waals surface area contributed by atoms with Gasteiger partial charge in [0.25, 0.3) is 11.5 Å². The summed E-state index contributed by atoms with van der Waals surface area (Å²) >= 11 is 0. The summed E-state index contributed by atoms with van der Waals surface area (Å²) < 4.78 is 6.74. The Morgan fingerprint density at radius 1 is 0.826 bits per heavy atom. The number of carbonyl (C=O) groups is 2. The SMILES string of the molecule is O=C(Cc1cn([C@H]2C=C[C@@H](CO)O2)c(=O)[nH]c1=O)NCCCCCCCCCCNC(=O)c1c2ccccc2nc2ccccc12. The summed E-state index contributed by atoms with van der Waals surface area (Å²) in [6.45, 7) is 0.933. The molecule has 4 aromatic rings. The number of para-hydroxylation sites is 2. The number of amides is 2. The number of benzene rings is 2. The maximum atomic E-state index is 13.2. The highest BCUT2D eigenvalue weighted by Crippen LogP contribution is 2.26. The van der Waals surface area contributed by atoms with E-state index in [9.17, 15) is 24.3 Å². The summed E-state index contributed by atoms with van der Waals surface area (Å²) in [6, 6.07) is 15.5. The van der Waals surface area contributed by atoms with Crippen molar-refractivity contribution >= 4 is 33.6 Å². The van der Waals surface area contributed by atoms with Gasteiger partial charge in [-0.2, -0.15) is 0 Å². The molecule has 0 fully saturated rings. The topological polar surface area (TPSA) is 155 Å². The predicted molar refractivity (Wildman–Crippen MR) is 177 cm³/mol. The van der Waals surface area contributed by atoms with Crippen molar-refractivity contribution in [1.29, 1.82) is 0 Å². The van der Waals surface area contributed by atoms with Gasteiger partial charge in [-0.3, -0.25) is 23.9 Å². The number of aliphatic hydroxyl groups is 1. The quantitative estimate of drug-likeness (QED) is 0.0835. The van der Waals surface area contributed by atoms with E-state index in [0.717, 1.165) is 73.2 Å². The molecule has 1 aliphatic heterocycles. The van der Waals surface area contributed by atoms with Crippen LogP contribution in [-0.4, -0.2) is 57.3 Å². The number of unbranched alkanes of at least 4 members (excludes halogenated alkanes) is 7. The molecule has 2 amide bonds.